The van der Waals surface area contributed by atoms with Crippen molar-refractivity contribution in [2.24, 2.45) is 5.73 Å². The van der Waals surface area contributed by atoms with Crippen LogP contribution in [0.2, 0.25) is 19.6 Å². The summed E-state index contributed by atoms with van der Waals surface area (Å²) in [4.78, 5) is 11.1. The minimum Gasteiger partial charge on any atom is -0.465 e. The van der Waals surface area contributed by atoms with E-state index in [0.29, 0.717) is 13.0 Å². The third-order valence-corrected chi connectivity index (χ3v) is 2.30. The SMILES string of the molecule is CCOC(=O)C(N)CC#C[Si](C)(C)C. The number of nitrogens with two attached hydrogens (primary N) is 1. The summed E-state index contributed by atoms with van der Waals surface area (Å²) in [5, 5.41) is 0. The second-order valence-corrected chi connectivity index (χ2v) is 8.86. The molecule has 14 heavy (non-hydrogen) atoms. The molecular formula is C10H19NO2Si. The van der Waals surface area contributed by atoms with Crippen molar-refractivity contribution in [1.82, 2.24) is 0 Å². The summed E-state index contributed by atoms with van der Waals surface area (Å²) in [7, 11) is -1.35. The lowest BCUT2D eigenvalue weighted by Crippen LogP contribution is -2.32. The molecule has 4 heteroatoms. The average Bonchev–Trinajstić information content (AvgIpc) is 2.02. The number of esters is 1. The monoisotopic (exact) mass is 213 g/mol. The van der Waals surface area contributed by atoms with Crippen LogP contribution >= 0.6 is 0 Å². The molecule has 80 valence electrons. The molecule has 2 N–H and O–H groups in total. The molecule has 0 aromatic rings. The average molecular weight is 213 g/mol. The van der Waals surface area contributed by atoms with Crippen molar-refractivity contribution in [2.75, 3.05) is 6.61 Å². The summed E-state index contributed by atoms with van der Waals surface area (Å²) in [5.74, 6) is 2.59. The van der Waals surface area contributed by atoms with Gasteiger partial charge in [-0.1, -0.05) is 19.6 Å². The van der Waals surface area contributed by atoms with E-state index in [4.69, 9.17) is 10.5 Å². The van der Waals surface area contributed by atoms with E-state index >= 15 is 0 Å². The largest absolute Gasteiger partial charge is 0.465 e. The molecule has 0 bridgehead atoms. The maximum Gasteiger partial charge on any atom is 0.323 e. The zero-order chi connectivity index (χ0) is 11.2. The molecule has 0 saturated heterocycles. The van der Waals surface area contributed by atoms with E-state index < -0.39 is 14.1 Å². The maximum atomic E-state index is 11.1. The van der Waals surface area contributed by atoms with Gasteiger partial charge in [0.15, 0.2) is 0 Å². The van der Waals surface area contributed by atoms with Gasteiger partial charge in [0.2, 0.25) is 0 Å². The van der Waals surface area contributed by atoms with Crippen molar-refractivity contribution in [3.8, 4) is 11.5 Å². The van der Waals surface area contributed by atoms with E-state index in [0.717, 1.165) is 0 Å². The molecular weight excluding hydrogens is 194 g/mol. The van der Waals surface area contributed by atoms with Gasteiger partial charge in [-0.3, -0.25) is 4.79 Å². The van der Waals surface area contributed by atoms with Gasteiger partial charge in [-0.2, -0.15) is 0 Å². The smallest absolute Gasteiger partial charge is 0.323 e. The van der Waals surface area contributed by atoms with Crippen molar-refractivity contribution in [1.29, 1.82) is 0 Å². The van der Waals surface area contributed by atoms with Gasteiger partial charge >= 0.3 is 5.97 Å². The molecule has 3 nitrogen and oxygen atoms in total. The van der Waals surface area contributed by atoms with Crippen LogP contribution in [0.5, 0.6) is 0 Å². The highest BCUT2D eigenvalue weighted by atomic mass is 28.3. The summed E-state index contributed by atoms with van der Waals surface area (Å²) in [6.45, 7) is 8.58. The van der Waals surface area contributed by atoms with Gasteiger partial charge < -0.3 is 10.5 Å². The number of carbonyl (C=O) groups excluding carboxylic acids is 1. The Morgan fingerprint density at radius 1 is 1.50 bits per heavy atom. The van der Waals surface area contributed by atoms with Crippen LogP contribution in [0.15, 0.2) is 0 Å². The molecule has 0 heterocycles. The first kappa shape index (κ1) is 13.2. The molecule has 0 saturated carbocycles. The van der Waals surface area contributed by atoms with Crippen molar-refractivity contribution >= 4 is 14.0 Å². The minimum atomic E-state index is -1.35. The lowest BCUT2D eigenvalue weighted by molar-refractivity contribution is -0.144. The van der Waals surface area contributed by atoms with Gasteiger partial charge in [-0.05, 0) is 6.92 Å². The summed E-state index contributed by atoms with van der Waals surface area (Å²) in [5.41, 5.74) is 8.72. The Bertz CT molecular complexity index is 247. The van der Waals surface area contributed by atoms with Crippen LogP contribution in [0.25, 0.3) is 0 Å². The topological polar surface area (TPSA) is 52.3 Å². The lowest BCUT2D eigenvalue weighted by atomic mass is 10.2. The fourth-order valence-corrected chi connectivity index (χ4v) is 1.39. The molecule has 0 aliphatic rings. The standard InChI is InChI=1S/C10H19NO2Si/c1-5-13-10(12)9(11)7-6-8-14(2,3)4/h9H,5,7,11H2,1-4H3. The first-order valence-corrected chi connectivity index (χ1v) is 8.29. The fraction of sp³-hybridized carbons (Fsp3) is 0.700. The Labute approximate surface area is 87.0 Å². The van der Waals surface area contributed by atoms with E-state index in [9.17, 15) is 4.79 Å². The highest BCUT2D eigenvalue weighted by molar-refractivity contribution is 6.83. The first-order valence-electron chi connectivity index (χ1n) is 4.79. The van der Waals surface area contributed by atoms with Crippen LogP contribution < -0.4 is 5.73 Å². The van der Waals surface area contributed by atoms with Crippen LogP contribution in [0.3, 0.4) is 0 Å². The predicted molar refractivity (Wildman–Crippen MR) is 60.3 cm³/mol. The number of hydrogen-bond donors (Lipinski definition) is 1. The number of ether oxygens (including phenoxy) is 1. The van der Waals surface area contributed by atoms with Gasteiger partial charge in [0.25, 0.3) is 0 Å². The molecule has 0 aliphatic heterocycles. The molecule has 0 aromatic carbocycles. The van der Waals surface area contributed by atoms with Crippen molar-refractivity contribution in [2.45, 2.75) is 39.0 Å². The maximum absolute atomic E-state index is 11.1. The third-order valence-electron chi connectivity index (χ3n) is 1.37. The van der Waals surface area contributed by atoms with Crippen molar-refractivity contribution in [3.05, 3.63) is 0 Å². The molecule has 0 aromatic heterocycles. The van der Waals surface area contributed by atoms with E-state index in [-0.39, 0.29) is 5.97 Å². The summed E-state index contributed by atoms with van der Waals surface area (Å²) >= 11 is 0. The van der Waals surface area contributed by atoms with Gasteiger partial charge in [0.05, 0.1) is 6.61 Å². The lowest BCUT2D eigenvalue weighted by Gasteiger charge is -2.07. The summed E-state index contributed by atoms with van der Waals surface area (Å²) in [6.07, 6.45) is 0.392. The van der Waals surface area contributed by atoms with Crippen LogP contribution in [-0.2, 0) is 9.53 Å². The quantitative estimate of drug-likeness (QED) is 0.434. The first-order chi connectivity index (χ1) is 6.37. The third kappa shape index (κ3) is 6.69. The highest BCUT2D eigenvalue weighted by Gasteiger charge is 2.13. The van der Waals surface area contributed by atoms with Crippen molar-refractivity contribution in [3.63, 3.8) is 0 Å². The molecule has 0 aliphatic carbocycles. The molecule has 1 atom stereocenters. The van der Waals surface area contributed by atoms with Crippen LogP contribution in [0, 0.1) is 11.5 Å². The van der Waals surface area contributed by atoms with E-state index in [1.807, 2.05) is 0 Å². The molecule has 0 fully saturated rings. The molecule has 0 amide bonds. The molecule has 1 unspecified atom stereocenters. The number of carbonyl (C=O) groups is 1. The Hall–Kier alpha value is -0.793. The zero-order valence-electron chi connectivity index (χ0n) is 9.39. The number of hydrogen-bond acceptors (Lipinski definition) is 3. The number of rotatable bonds is 3. The fourth-order valence-electron chi connectivity index (χ4n) is 0.759. The zero-order valence-corrected chi connectivity index (χ0v) is 10.4. The molecule has 0 radical (unpaired) electrons. The Kier molecular flexibility index (Phi) is 5.51. The summed E-state index contributed by atoms with van der Waals surface area (Å²) in [6, 6.07) is -0.598. The van der Waals surface area contributed by atoms with Gasteiger partial charge in [-0.15, -0.1) is 11.5 Å². The Morgan fingerprint density at radius 3 is 2.50 bits per heavy atom. The van der Waals surface area contributed by atoms with Crippen LogP contribution in [0.1, 0.15) is 13.3 Å². The van der Waals surface area contributed by atoms with Gasteiger partial charge in [0, 0.05) is 6.42 Å². The highest BCUT2D eigenvalue weighted by Crippen LogP contribution is 1.97. The predicted octanol–water partition coefficient (Wildman–Crippen LogP) is 1.15. The van der Waals surface area contributed by atoms with Crippen LogP contribution in [-0.4, -0.2) is 26.7 Å². The van der Waals surface area contributed by atoms with E-state index in [1.165, 1.54) is 0 Å². The van der Waals surface area contributed by atoms with Crippen LogP contribution in [0.4, 0.5) is 0 Å². The van der Waals surface area contributed by atoms with E-state index in [2.05, 4.69) is 31.1 Å². The molecule has 0 spiro atoms. The Morgan fingerprint density at radius 2 is 2.07 bits per heavy atom. The second kappa shape index (κ2) is 5.84. The summed E-state index contributed by atoms with van der Waals surface area (Å²) < 4.78 is 4.77. The Balaban J connectivity index is 4.00. The van der Waals surface area contributed by atoms with Crippen molar-refractivity contribution < 1.29 is 9.53 Å². The van der Waals surface area contributed by atoms with Gasteiger partial charge in [0.1, 0.15) is 14.1 Å². The molecule has 0 rings (SSSR count). The van der Waals surface area contributed by atoms with E-state index in [1.54, 1.807) is 6.92 Å². The second-order valence-electron chi connectivity index (χ2n) is 4.11. The minimum absolute atomic E-state index is 0.364. The van der Waals surface area contributed by atoms with Gasteiger partial charge in [-0.25, -0.2) is 0 Å². The normalized spacial score (nSPS) is 12.6.